The summed E-state index contributed by atoms with van der Waals surface area (Å²) in [6.07, 6.45) is 0. The van der Waals surface area contributed by atoms with Gasteiger partial charge in [0.15, 0.2) is 5.13 Å². The molecule has 0 aliphatic heterocycles. The molecule has 1 aromatic rings. The molecule has 0 radical (unpaired) electrons. The molecule has 16 heavy (non-hydrogen) atoms. The molecule has 4 heteroatoms. The maximum atomic E-state index is 4.68. The molecular weight excluding hydrogens is 218 g/mol. The minimum Gasteiger partial charge on any atom is -0.346 e. The van der Waals surface area contributed by atoms with Crippen molar-refractivity contribution in [2.24, 2.45) is 0 Å². The van der Waals surface area contributed by atoms with Gasteiger partial charge >= 0.3 is 0 Å². The lowest BCUT2D eigenvalue weighted by atomic mass is 10.2. The van der Waals surface area contributed by atoms with E-state index < -0.39 is 0 Å². The smallest absolute Gasteiger partial charge is 0.186 e. The number of aryl methyl sites for hydroxylation is 1. The Labute approximate surface area is 103 Å². The average molecular weight is 241 g/mol. The van der Waals surface area contributed by atoms with Gasteiger partial charge < -0.3 is 10.2 Å². The van der Waals surface area contributed by atoms with Crippen LogP contribution < -0.4 is 10.2 Å². The number of thiazole rings is 1. The molecule has 0 bridgehead atoms. The van der Waals surface area contributed by atoms with Crippen molar-refractivity contribution in [3.05, 3.63) is 10.6 Å². The van der Waals surface area contributed by atoms with Crippen LogP contribution in [-0.2, 0) is 0 Å². The summed E-state index contributed by atoms with van der Waals surface area (Å²) in [5, 5.41) is 4.42. The second kappa shape index (κ2) is 5.64. The number of nitrogens with zero attached hydrogens (tertiary/aromatic N) is 2. The molecule has 0 amide bonds. The number of rotatable bonds is 5. The Hall–Kier alpha value is -0.610. The third-order valence-corrected chi connectivity index (χ3v) is 4.23. The molecule has 0 fully saturated rings. The Bertz CT molecular complexity index is 333. The largest absolute Gasteiger partial charge is 0.346 e. The van der Waals surface area contributed by atoms with E-state index in [1.807, 2.05) is 7.05 Å². The van der Waals surface area contributed by atoms with E-state index in [2.05, 4.69) is 49.8 Å². The highest BCUT2D eigenvalue weighted by atomic mass is 32.1. The normalized spacial score (nSPS) is 13.2. The highest BCUT2D eigenvalue weighted by molar-refractivity contribution is 7.15. The van der Waals surface area contributed by atoms with Crippen molar-refractivity contribution in [2.75, 3.05) is 18.5 Å². The fourth-order valence-corrected chi connectivity index (χ4v) is 3.09. The van der Waals surface area contributed by atoms with Gasteiger partial charge in [-0.05, 0) is 41.7 Å². The third-order valence-electron chi connectivity index (χ3n) is 2.86. The van der Waals surface area contributed by atoms with Gasteiger partial charge in [-0.25, -0.2) is 4.98 Å². The summed E-state index contributed by atoms with van der Waals surface area (Å²) in [6, 6.07) is 0.894. The second-order valence-electron chi connectivity index (χ2n) is 4.34. The second-order valence-corrected chi connectivity index (χ2v) is 5.35. The first-order valence-electron chi connectivity index (χ1n) is 5.92. The van der Waals surface area contributed by atoms with Gasteiger partial charge in [0.2, 0.25) is 0 Å². The highest BCUT2D eigenvalue weighted by Gasteiger charge is 2.17. The van der Waals surface area contributed by atoms with E-state index in [1.54, 1.807) is 11.3 Å². The first-order chi connectivity index (χ1) is 7.51. The number of nitrogens with one attached hydrogen (secondary N) is 1. The number of anilines is 1. The van der Waals surface area contributed by atoms with Crippen molar-refractivity contribution in [3.8, 4) is 0 Å². The summed E-state index contributed by atoms with van der Waals surface area (Å²) in [6.45, 7) is 11.9. The predicted octanol–water partition coefficient (Wildman–Crippen LogP) is 2.97. The van der Waals surface area contributed by atoms with Gasteiger partial charge in [0.25, 0.3) is 0 Å². The highest BCUT2D eigenvalue weighted by Crippen LogP contribution is 2.31. The van der Waals surface area contributed by atoms with E-state index in [-0.39, 0.29) is 0 Å². The standard InChI is InChI=1S/C12H23N3S/c1-7-15(8(2)3)12-14-10(5)11(16-12)9(4)13-6/h8-9,13H,7H2,1-6H3. The monoisotopic (exact) mass is 241 g/mol. The van der Waals surface area contributed by atoms with Gasteiger partial charge in [-0.3, -0.25) is 0 Å². The molecule has 92 valence electrons. The molecule has 0 aliphatic carbocycles. The van der Waals surface area contributed by atoms with Gasteiger partial charge in [0.05, 0.1) is 5.69 Å². The molecule has 0 spiro atoms. The van der Waals surface area contributed by atoms with Crippen LogP contribution in [0.25, 0.3) is 0 Å². The molecule has 0 saturated heterocycles. The maximum Gasteiger partial charge on any atom is 0.186 e. The Kier molecular flexibility index (Phi) is 4.74. The minimum absolute atomic E-state index is 0.386. The Morgan fingerprint density at radius 1 is 1.38 bits per heavy atom. The van der Waals surface area contributed by atoms with Gasteiger partial charge in [0.1, 0.15) is 0 Å². The first-order valence-corrected chi connectivity index (χ1v) is 6.74. The Morgan fingerprint density at radius 2 is 2.00 bits per heavy atom. The lowest BCUT2D eigenvalue weighted by Crippen LogP contribution is -2.30. The average Bonchev–Trinajstić information content (AvgIpc) is 2.59. The fraction of sp³-hybridized carbons (Fsp3) is 0.750. The zero-order valence-corrected chi connectivity index (χ0v) is 12.0. The zero-order chi connectivity index (χ0) is 12.3. The van der Waals surface area contributed by atoms with Crippen LogP contribution in [0, 0.1) is 6.92 Å². The first kappa shape index (κ1) is 13.5. The van der Waals surface area contributed by atoms with Crippen molar-refractivity contribution in [2.45, 2.75) is 46.7 Å². The van der Waals surface area contributed by atoms with Gasteiger partial charge in [-0.1, -0.05) is 0 Å². The van der Waals surface area contributed by atoms with Gasteiger partial charge in [-0.2, -0.15) is 0 Å². The summed E-state index contributed by atoms with van der Waals surface area (Å²) in [5.74, 6) is 0. The molecule has 1 aromatic heterocycles. The number of aromatic nitrogens is 1. The van der Waals surface area contributed by atoms with Crippen molar-refractivity contribution in [1.82, 2.24) is 10.3 Å². The van der Waals surface area contributed by atoms with Crippen LogP contribution in [0.15, 0.2) is 0 Å². The van der Waals surface area contributed by atoms with Gasteiger partial charge in [0, 0.05) is 23.5 Å². The molecular formula is C12H23N3S. The summed E-state index contributed by atoms with van der Waals surface area (Å²) in [5.41, 5.74) is 1.15. The van der Waals surface area contributed by atoms with E-state index in [9.17, 15) is 0 Å². The van der Waals surface area contributed by atoms with Crippen LogP contribution in [0.5, 0.6) is 0 Å². The van der Waals surface area contributed by atoms with Crippen molar-refractivity contribution < 1.29 is 0 Å². The minimum atomic E-state index is 0.386. The lowest BCUT2D eigenvalue weighted by Gasteiger charge is -2.24. The maximum absolute atomic E-state index is 4.68. The topological polar surface area (TPSA) is 28.2 Å². The fourth-order valence-electron chi connectivity index (χ4n) is 1.77. The van der Waals surface area contributed by atoms with Crippen molar-refractivity contribution in [3.63, 3.8) is 0 Å². The van der Waals surface area contributed by atoms with E-state index in [1.165, 1.54) is 4.88 Å². The van der Waals surface area contributed by atoms with E-state index in [0.717, 1.165) is 17.4 Å². The molecule has 0 aliphatic rings. The zero-order valence-electron chi connectivity index (χ0n) is 11.2. The van der Waals surface area contributed by atoms with Gasteiger partial charge in [-0.15, -0.1) is 11.3 Å². The molecule has 0 aromatic carbocycles. The molecule has 1 unspecified atom stereocenters. The summed E-state index contributed by atoms with van der Waals surface area (Å²) >= 11 is 1.81. The van der Waals surface area contributed by atoms with Crippen LogP contribution in [0.3, 0.4) is 0 Å². The number of hydrogen-bond donors (Lipinski definition) is 1. The molecule has 0 saturated carbocycles. The van der Waals surface area contributed by atoms with Crippen LogP contribution in [-0.4, -0.2) is 24.6 Å². The van der Waals surface area contributed by atoms with E-state index in [0.29, 0.717) is 12.1 Å². The number of hydrogen-bond acceptors (Lipinski definition) is 4. The van der Waals surface area contributed by atoms with Crippen molar-refractivity contribution in [1.29, 1.82) is 0 Å². The van der Waals surface area contributed by atoms with Crippen LogP contribution in [0.1, 0.15) is 44.3 Å². The molecule has 3 nitrogen and oxygen atoms in total. The van der Waals surface area contributed by atoms with E-state index in [4.69, 9.17) is 0 Å². The quantitative estimate of drug-likeness (QED) is 0.859. The lowest BCUT2D eigenvalue weighted by molar-refractivity contribution is 0.658. The Balaban J connectivity index is 2.99. The third kappa shape index (κ3) is 2.74. The SMILES string of the molecule is CCN(c1nc(C)c(C(C)NC)s1)C(C)C. The van der Waals surface area contributed by atoms with Crippen molar-refractivity contribution >= 4 is 16.5 Å². The summed E-state index contributed by atoms with van der Waals surface area (Å²) in [4.78, 5) is 8.36. The Morgan fingerprint density at radius 3 is 2.44 bits per heavy atom. The predicted molar refractivity (Wildman–Crippen MR) is 72.5 cm³/mol. The molecule has 1 rings (SSSR count). The van der Waals surface area contributed by atoms with Crippen LogP contribution in [0.4, 0.5) is 5.13 Å². The van der Waals surface area contributed by atoms with Crippen LogP contribution in [0.2, 0.25) is 0 Å². The van der Waals surface area contributed by atoms with E-state index >= 15 is 0 Å². The van der Waals surface area contributed by atoms with Crippen LogP contribution >= 0.6 is 11.3 Å². The summed E-state index contributed by atoms with van der Waals surface area (Å²) < 4.78 is 0. The summed E-state index contributed by atoms with van der Waals surface area (Å²) in [7, 11) is 1.99. The molecule has 1 heterocycles. The molecule has 1 N–H and O–H groups in total. The molecule has 1 atom stereocenters.